The van der Waals surface area contributed by atoms with Crippen molar-refractivity contribution < 1.29 is 23.1 Å². The van der Waals surface area contributed by atoms with Gasteiger partial charge in [-0.05, 0) is 18.2 Å². The molecular formula is C14H13F3N2O2. The number of nitrogens with one attached hydrogen (secondary N) is 1. The lowest BCUT2D eigenvalue weighted by Gasteiger charge is -2.21. The summed E-state index contributed by atoms with van der Waals surface area (Å²) in [5, 5.41) is 11.4. The number of alkyl halides is 3. The lowest BCUT2D eigenvalue weighted by molar-refractivity contribution is -0.155. The van der Waals surface area contributed by atoms with Crippen molar-refractivity contribution in [2.45, 2.75) is 12.2 Å². The van der Waals surface area contributed by atoms with Crippen LogP contribution in [0.2, 0.25) is 0 Å². The summed E-state index contributed by atoms with van der Waals surface area (Å²) in [6, 6.07) is 4.57. The molecule has 0 aliphatic rings. The number of phenols is 1. The van der Waals surface area contributed by atoms with E-state index in [2.05, 4.69) is 0 Å². The third-order valence-corrected chi connectivity index (χ3v) is 2.94. The highest BCUT2D eigenvalue weighted by Crippen LogP contribution is 2.33. The van der Waals surface area contributed by atoms with E-state index in [1.54, 1.807) is 7.05 Å². The second-order valence-corrected chi connectivity index (χ2v) is 4.58. The molecule has 0 saturated carbocycles. The van der Waals surface area contributed by atoms with Crippen LogP contribution < -0.4 is 5.32 Å². The number of phenolic OH excluding ortho intramolecular Hbond substituents is 1. The van der Waals surface area contributed by atoms with Gasteiger partial charge in [-0.25, -0.2) is 0 Å². The van der Waals surface area contributed by atoms with Crippen molar-refractivity contribution in [2.75, 3.05) is 0 Å². The van der Waals surface area contributed by atoms with Crippen molar-refractivity contribution in [1.29, 1.82) is 0 Å². The smallest absolute Gasteiger partial charge is 0.412 e. The molecule has 112 valence electrons. The van der Waals surface area contributed by atoms with Crippen LogP contribution in [0.3, 0.4) is 0 Å². The Balaban J connectivity index is 2.28. The molecule has 0 saturated heterocycles. The molecule has 7 heteroatoms. The molecule has 1 aromatic carbocycles. The Morgan fingerprint density at radius 3 is 2.48 bits per heavy atom. The van der Waals surface area contributed by atoms with Crippen molar-refractivity contribution in [1.82, 2.24) is 9.88 Å². The second kappa shape index (κ2) is 5.51. The molecular weight excluding hydrogens is 285 g/mol. The summed E-state index contributed by atoms with van der Waals surface area (Å²) in [5.41, 5.74) is -0.281. The van der Waals surface area contributed by atoms with Crippen LogP contribution in [0, 0.1) is 0 Å². The van der Waals surface area contributed by atoms with Crippen LogP contribution in [0.1, 0.15) is 22.0 Å². The normalized spacial score (nSPS) is 13.0. The molecule has 0 aliphatic carbocycles. The Kier molecular flexibility index (Phi) is 3.93. The number of hydrogen-bond donors (Lipinski definition) is 2. The lowest BCUT2D eigenvalue weighted by Crippen LogP contribution is -2.38. The first kappa shape index (κ1) is 15.0. The number of para-hydroxylation sites is 1. The molecule has 0 unspecified atom stereocenters. The van der Waals surface area contributed by atoms with E-state index in [1.807, 2.05) is 5.32 Å². The van der Waals surface area contributed by atoms with Crippen LogP contribution in [0.4, 0.5) is 13.2 Å². The van der Waals surface area contributed by atoms with Crippen molar-refractivity contribution in [3.63, 3.8) is 0 Å². The zero-order valence-corrected chi connectivity index (χ0v) is 11.1. The molecule has 0 fully saturated rings. The molecule has 2 aromatic rings. The molecule has 2 rings (SSSR count). The quantitative estimate of drug-likeness (QED) is 0.915. The van der Waals surface area contributed by atoms with E-state index in [0.717, 1.165) is 0 Å². The fourth-order valence-corrected chi connectivity index (χ4v) is 1.92. The number of hydrogen-bond acceptors (Lipinski definition) is 2. The molecule has 21 heavy (non-hydrogen) atoms. The van der Waals surface area contributed by atoms with Gasteiger partial charge in [0.1, 0.15) is 5.75 Å². The van der Waals surface area contributed by atoms with Crippen LogP contribution in [-0.2, 0) is 7.05 Å². The van der Waals surface area contributed by atoms with Gasteiger partial charge in [-0.3, -0.25) is 4.79 Å². The average Bonchev–Trinajstić information content (AvgIpc) is 2.81. The number of halogens is 3. The SMILES string of the molecule is Cn1ccc([C@@H](NC(=O)c2ccccc2O)C(F)(F)F)c1. The monoisotopic (exact) mass is 298 g/mol. The predicted octanol–water partition coefficient (Wildman–Crippen LogP) is 2.76. The summed E-state index contributed by atoms with van der Waals surface area (Å²) in [6.07, 6.45) is -1.90. The van der Waals surface area contributed by atoms with Crippen LogP contribution in [0.5, 0.6) is 5.75 Å². The number of nitrogens with zero attached hydrogens (tertiary/aromatic N) is 1. The molecule has 4 nitrogen and oxygen atoms in total. The summed E-state index contributed by atoms with van der Waals surface area (Å²) in [6.45, 7) is 0. The van der Waals surface area contributed by atoms with E-state index in [9.17, 15) is 23.1 Å². The highest BCUT2D eigenvalue weighted by molar-refractivity contribution is 5.97. The van der Waals surface area contributed by atoms with Crippen molar-refractivity contribution in [2.24, 2.45) is 7.05 Å². The number of carbonyl (C=O) groups excluding carboxylic acids is 1. The number of rotatable bonds is 3. The minimum atomic E-state index is -4.64. The summed E-state index contributed by atoms with van der Waals surface area (Å²) >= 11 is 0. The average molecular weight is 298 g/mol. The molecule has 1 amide bonds. The molecule has 0 aliphatic heterocycles. The van der Waals surface area contributed by atoms with E-state index in [-0.39, 0.29) is 16.9 Å². The lowest BCUT2D eigenvalue weighted by atomic mass is 10.1. The maximum atomic E-state index is 13.1. The highest BCUT2D eigenvalue weighted by atomic mass is 19.4. The molecule has 1 heterocycles. The Labute approximate surface area is 118 Å². The topological polar surface area (TPSA) is 54.3 Å². The van der Waals surface area contributed by atoms with Gasteiger partial charge < -0.3 is 15.0 Å². The fourth-order valence-electron chi connectivity index (χ4n) is 1.92. The van der Waals surface area contributed by atoms with Crippen molar-refractivity contribution in [3.8, 4) is 5.75 Å². The van der Waals surface area contributed by atoms with Gasteiger partial charge in [0.2, 0.25) is 0 Å². The standard InChI is InChI=1S/C14H13F3N2O2/c1-19-7-6-9(8-19)12(14(15,16)17)18-13(21)10-4-2-3-5-11(10)20/h2-8,12,20H,1H3,(H,18,21)/t12-/m1/s1. The van der Waals surface area contributed by atoms with Gasteiger partial charge in [0.25, 0.3) is 5.91 Å². The van der Waals surface area contributed by atoms with E-state index in [1.165, 1.54) is 47.3 Å². The number of aryl methyl sites for hydroxylation is 1. The maximum Gasteiger partial charge on any atom is 0.412 e. The molecule has 1 aromatic heterocycles. The van der Waals surface area contributed by atoms with Gasteiger partial charge in [0, 0.05) is 25.0 Å². The molecule has 0 bridgehead atoms. The second-order valence-electron chi connectivity index (χ2n) is 4.58. The summed E-state index contributed by atoms with van der Waals surface area (Å²) in [4.78, 5) is 11.9. The van der Waals surface area contributed by atoms with E-state index >= 15 is 0 Å². The first-order chi connectivity index (χ1) is 9.79. The predicted molar refractivity (Wildman–Crippen MR) is 69.8 cm³/mol. The first-order valence-corrected chi connectivity index (χ1v) is 6.06. The minimum Gasteiger partial charge on any atom is -0.507 e. The molecule has 1 atom stereocenters. The maximum absolute atomic E-state index is 13.1. The van der Waals surface area contributed by atoms with Gasteiger partial charge in [-0.1, -0.05) is 12.1 Å². The van der Waals surface area contributed by atoms with Gasteiger partial charge >= 0.3 is 6.18 Å². The Morgan fingerprint density at radius 2 is 1.95 bits per heavy atom. The fraction of sp³-hybridized carbons (Fsp3) is 0.214. The zero-order chi connectivity index (χ0) is 15.6. The van der Waals surface area contributed by atoms with Gasteiger partial charge in [0.05, 0.1) is 5.56 Å². The third kappa shape index (κ3) is 3.36. The van der Waals surface area contributed by atoms with Gasteiger partial charge in [-0.15, -0.1) is 0 Å². The largest absolute Gasteiger partial charge is 0.507 e. The highest BCUT2D eigenvalue weighted by Gasteiger charge is 2.42. The van der Waals surface area contributed by atoms with Crippen molar-refractivity contribution >= 4 is 5.91 Å². The number of amides is 1. The van der Waals surface area contributed by atoms with Crippen LogP contribution in [0.15, 0.2) is 42.7 Å². The van der Waals surface area contributed by atoms with Gasteiger partial charge in [-0.2, -0.15) is 13.2 Å². The van der Waals surface area contributed by atoms with Crippen molar-refractivity contribution in [3.05, 3.63) is 53.9 Å². The van der Waals surface area contributed by atoms with Crippen LogP contribution >= 0.6 is 0 Å². The van der Waals surface area contributed by atoms with E-state index in [4.69, 9.17) is 0 Å². The Morgan fingerprint density at radius 1 is 1.29 bits per heavy atom. The van der Waals surface area contributed by atoms with E-state index < -0.39 is 18.1 Å². The van der Waals surface area contributed by atoms with Crippen LogP contribution in [0.25, 0.3) is 0 Å². The molecule has 0 radical (unpaired) electrons. The first-order valence-electron chi connectivity index (χ1n) is 6.06. The minimum absolute atomic E-state index is 0.0752. The number of aromatic hydroxyl groups is 1. The summed E-state index contributed by atoms with van der Waals surface area (Å²) in [5.74, 6) is -1.36. The Bertz CT molecular complexity index is 650. The summed E-state index contributed by atoms with van der Waals surface area (Å²) < 4.78 is 40.8. The zero-order valence-electron chi connectivity index (χ0n) is 11.1. The molecule has 0 spiro atoms. The number of benzene rings is 1. The van der Waals surface area contributed by atoms with Crippen LogP contribution in [-0.4, -0.2) is 21.8 Å². The number of aromatic nitrogens is 1. The summed E-state index contributed by atoms with van der Waals surface area (Å²) in [7, 11) is 1.59. The third-order valence-electron chi connectivity index (χ3n) is 2.94. The van der Waals surface area contributed by atoms with Gasteiger partial charge in [0.15, 0.2) is 6.04 Å². The molecule has 2 N–H and O–H groups in total. The van der Waals surface area contributed by atoms with E-state index in [0.29, 0.717) is 0 Å². The Hall–Kier alpha value is -2.44. The number of carbonyl (C=O) groups is 1.